The zero-order chi connectivity index (χ0) is 14.3. The second kappa shape index (κ2) is 6.93. The molecule has 0 radical (unpaired) electrons. The molecule has 0 amide bonds. The van der Waals surface area contributed by atoms with Crippen LogP contribution >= 0.6 is 0 Å². The maximum Gasteiger partial charge on any atom is 0.509 e. The van der Waals surface area contributed by atoms with E-state index in [1.54, 1.807) is 0 Å². The van der Waals surface area contributed by atoms with Gasteiger partial charge in [0.2, 0.25) is 12.2 Å². The van der Waals surface area contributed by atoms with Crippen LogP contribution in [0.2, 0.25) is 0 Å². The molecule has 0 spiro atoms. The summed E-state index contributed by atoms with van der Waals surface area (Å²) in [5.74, 6) is -3.67. The van der Waals surface area contributed by atoms with Crippen molar-refractivity contribution < 1.29 is 48.3 Å². The Morgan fingerprint density at radius 2 is 1.06 bits per heavy atom. The number of ether oxygens (including phenoxy) is 4. The van der Waals surface area contributed by atoms with Crippen molar-refractivity contribution in [3.8, 4) is 0 Å². The molecular formula is C8H10O10. The number of carboxylic acid groups (broad SMARTS) is 2. The Hall–Kier alpha value is -2.52. The van der Waals surface area contributed by atoms with Crippen LogP contribution in [0.4, 0.5) is 9.59 Å². The van der Waals surface area contributed by atoms with Gasteiger partial charge in [0.25, 0.3) is 0 Å². The van der Waals surface area contributed by atoms with Crippen molar-refractivity contribution in [1.82, 2.24) is 0 Å². The highest BCUT2D eigenvalue weighted by molar-refractivity contribution is 5.86. The summed E-state index contributed by atoms with van der Waals surface area (Å²) in [5, 5.41) is 17.4. The number of carbonyl (C=O) groups excluding carboxylic acids is 2. The van der Waals surface area contributed by atoms with E-state index >= 15 is 0 Å². The summed E-state index contributed by atoms with van der Waals surface area (Å²) >= 11 is 0. The Kier molecular flexibility index (Phi) is 5.96. The van der Waals surface area contributed by atoms with E-state index in [0.717, 1.165) is 14.2 Å². The average Bonchev–Trinajstić information content (AvgIpc) is 2.31. The monoisotopic (exact) mass is 266 g/mol. The lowest BCUT2D eigenvalue weighted by molar-refractivity contribution is -0.169. The van der Waals surface area contributed by atoms with Crippen LogP contribution in [0.1, 0.15) is 0 Å². The van der Waals surface area contributed by atoms with Gasteiger partial charge >= 0.3 is 24.2 Å². The lowest BCUT2D eigenvalue weighted by atomic mass is 10.2. The molecule has 18 heavy (non-hydrogen) atoms. The van der Waals surface area contributed by atoms with Gasteiger partial charge < -0.3 is 29.2 Å². The third-order valence-electron chi connectivity index (χ3n) is 1.54. The zero-order valence-electron chi connectivity index (χ0n) is 9.32. The summed E-state index contributed by atoms with van der Waals surface area (Å²) in [6.07, 6.45) is -7.42. The highest BCUT2D eigenvalue weighted by Crippen LogP contribution is 2.08. The van der Waals surface area contributed by atoms with Gasteiger partial charge in [-0.1, -0.05) is 0 Å². The number of rotatable bonds is 5. The number of carbonyl (C=O) groups is 4. The fourth-order valence-corrected chi connectivity index (χ4v) is 0.787. The van der Waals surface area contributed by atoms with Gasteiger partial charge in [-0.25, -0.2) is 19.2 Å². The van der Waals surface area contributed by atoms with Crippen LogP contribution in [0.5, 0.6) is 0 Å². The smallest absolute Gasteiger partial charge is 0.478 e. The first-order valence-electron chi connectivity index (χ1n) is 4.28. The van der Waals surface area contributed by atoms with Gasteiger partial charge in [-0.3, -0.25) is 0 Å². The van der Waals surface area contributed by atoms with E-state index in [4.69, 9.17) is 10.2 Å². The Morgan fingerprint density at radius 1 is 0.778 bits per heavy atom. The molecule has 2 N–H and O–H groups in total. The maximum absolute atomic E-state index is 10.7. The summed E-state index contributed by atoms with van der Waals surface area (Å²) in [5.41, 5.74) is 0. The molecule has 0 saturated carbocycles. The van der Waals surface area contributed by atoms with E-state index in [9.17, 15) is 19.2 Å². The van der Waals surface area contributed by atoms with Gasteiger partial charge in [0.1, 0.15) is 0 Å². The van der Waals surface area contributed by atoms with Crippen molar-refractivity contribution in [3.63, 3.8) is 0 Å². The second-order valence-corrected chi connectivity index (χ2v) is 2.66. The Balaban J connectivity index is 4.99. The number of hydrogen-bond acceptors (Lipinski definition) is 8. The molecule has 10 nitrogen and oxygen atoms in total. The first-order chi connectivity index (χ1) is 8.33. The van der Waals surface area contributed by atoms with Gasteiger partial charge in [-0.15, -0.1) is 0 Å². The predicted octanol–water partition coefficient (Wildman–Crippen LogP) is -0.541. The molecule has 0 rings (SSSR count). The normalized spacial score (nSPS) is 12.8. The van der Waals surface area contributed by atoms with Crippen molar-refractivity contribution in [2.24, 2.45) is 0 Å². The summed E-state index contributed by atoms with van der Waals surface area (Å²) in [4.78, 5) is 42.9. The molecule has 0 aromatic rings. The summed E-state index contributed by atoms with van der Waals surface area (Å²) in [7, 11) is 1.77. The van der Waals surface area contributed by atoms with Crippen molar-refractivity contribution in [2.75, 3.05) is 14.2 Å². The van der Waals surface area contributed by atoms with Gasteiger partial charge in [0, 0.05) is 0 Å². The minimum Gasteiger partial charge on any atom is -0.478 e. The molecule has 0 aliphatic heterocycles. The van der Waals surface area contributed by atoms with Crippen LogP contribution < -0.4 is 0 Å². The first kappa shape index (κ1) is 15.5. The van der Waals surface area contributed by atoms with E-state index < -0.39 is 36.5 Å². The van der Waals surface area contributed by atoms with Crippen LogP contribution in [0.15, 0.2) is 0 Å². The molecule has 0 fully saturated rings. The lowest BCUT2D eigenvalue weighted by Gasteiger charge is -2.19. The number of carboxylic acids is 2. The summed E-state index contributed by atoms with van der Waals surface area (Å²) < 4.78 is 16.3. The van der Waals surface area contributed by atoms with Crippen molar-refractivity contribution in [3.05, 3.63) is 0 Å². The second-order valence-electron chi connectivity index (χ2n) is 2.66. The van der Waals surface area contributed by atoms with Crippen LogP contribution in [0, 0.1) is 0 Å². The van der Waals surface area contributed by atoms with E-state index in [0.29, 0.717) is 0 Å². The highest BCUT2D eigenvalue weighted by Gasteiger charge is 2.41. The average molecular weight is 266 g/mol. The maximum atomic E-state index is 10.7. The SMILES string of the molecule is COC(=O)OC(C(=O)O)C(OC(=O)OC)C(=O)O. The molecule has 2 unspecified atom stereocenters. The number of hydrogen-bond donors (Lipinski definition) is 2. The minimum absolute atomic E-state index is 0.887. The molecule has 2 atom stereocenters. The van der Waals surface area contributed by atoms with Gasteiger partial charge in [-0.2, -0.15) is 0 Å². The highest BCUT2D eigenvalue weighted by atomic mass is 16.8. The quantitative estimate of drug-likeness (QED) is 0.621. The van der Waals surface area contributed by atoms with Crippen molar-refractivity contribution in [2.45, 2.75) is 12.2 Å². The third-order valence-corrected chi connectivity index (χ3v) is 1.54. The molecule has 10 heteroatoms. The molecule has 0 aliphatic carbocycles. The van der Waals surface area contributed by atoms with Crippen molar-refractivity contribution >= 4 is 24.2 Å². The standard InChI is InChI=1S/C8H10O10/c1-15-7(13)17-3(5(9)10)4(6(11)12)18-8(14)16-2/h3-4H,1-2H3,(H,9,10)(H,11,12). The topological polar surface area (TPSA) is 146 Å². The fourth-order valence-electron chi connectivity index (χ4n) is 0.787. The molecular weight excluding hydrogens is 256 g/mol. The molecule has 0 aliphatic rings. The predicted molar refractivity (Wildman–Crippen MR) is 49.8 cm³/mol. The van der Waals surface area contributed by atoms with E-state index in [1.807, 2.05) is 0 Å². The van der Waals surface area contributed by atoms with Crippen LogP contribution in [-0.4, -0.2) is 60.9 Å². The Morgan fingerprint density at radius 3 is 1.22 bits per heavy atom. The number of aliphatic carboxylic acids is 2. The summed E-state index contributed by atoms with van der Waals surface area (Å²) in [6, 6.07) is 0. The number of methoxy groups -OCH3 is 2. The van der Waals surface area contributed by atoms with Crippen molar-refractivity contribution in [1.29, 1.82) is 0 Å². The van der Waals surface area contributed by atoms with Gasteiger partial charge in [-0.05, 0) is 0 Å². The molecule has 102 valence electrons. The third kappa shape index (κ3) is 4.55. The molecule has 0 bridgehead atoms. The lowest BCUT2D eigenvalue weighted by Crippen LogP contribution is -2.45. The molecule has 0 heterocycles. The van der Waals surface area contributed by atoms with Crippen LogP contribution in [0.25, 0.3) is 0 Å². The molecule has 0 aromatic carbocycles. The van der Waals surface area contributed by atoms with Crippen LogP contribution in [0.3, 0.4) is 0 Å². The van der Waals surface area contributed by atoms with Crippen LogP contribution in [-0.2, 0) is 28.5 Å². The molecule has 0 saturated heterocycles. The Labute approximate surface area is 100.0 Å². The first-order valence-corrected chi connectivity index (χ1v) is 4.28. The summed E-state index contributed by atoms with van der Waals surface area (Å²) in [6.45, 7) is 0. The minimum atomic E-state index is -2.27. The van der Waals surface area contributed by atoms with E-state index in [1.165, 1.54) is 0 Å². The zero-order valence-corrected chi connectivity index (χ0v) is 9.32. The van der Waals surface area contributed by atoms with E-state index in [2.05, 4.69) is 18.9 Å². The Bertz CT molecular complexity index is 314. The largest absolute Gasteiger partial charge is 0.509 e. The molecule has 0 aromatic heterocycles. The van der Waals surface area contributed by atoms with Gasteiger partial charge in [0.05, 0.1) is 14.2 Å². The fraction of sp³-hybridized carbons (Fsp3) is 0.500. The van der Waals surface area contributed by atoms with E-state index in [-0.39, 0.29) is 0 Å². The van der Waals surface area contributed by atoms with Gasteiger partial charge in [0.15, 0.2) is 0 Å².